The topological polar surface area (TPSA) is 24.5 Å². The molecule has 1 aromatic rings. The smallest absolute Gasteiger partial charge is 0.405 e. The molecule has 1 saturated heterocycles. The largest absolute Gasteiger partial charge is 0.573 e. The Balaban J connectivity index is 0.00000264. The van der Waals surface area contributed by atoms with Gasteiger partial charge in [0.1, 0.15) is 11.8 Å². The molecule has 1 N–H and O–H groups in total. The quantitative estimate of drug-likeness (QED) is 0.672. The Morgan fingerprint density at radius 2 is 1.71 bits per heavy atom. The van der Waals surface area contributed by atoms with Crippen molar-refractivity contribution in [2.75, 3.05) is 26.2 Å². The number of hydrogen-bond donors (Lipinski definition) is 1. The molecule has 140 valence electrons. The molecule has 1 aromatic carbocycles. The third kappa shape index (κ3) is 6.51. The number of piperazine rings is 1. The van der Waals surface area contributed by atoms with Crippen molar-refractivity contribution < 1.29 is 26.7 Å². The average Bonchev–Trinajstić information content (AvgIpc) is 2.41. The van der Waals surface area contributed by atoms with Gasteiger partial charge in [-0.25, -0.2) is 8.78 Å². The van der Waals surface area contributed by atoms with Crippen molar-refractivity contribution in [1.29, 1.82) is 0 Å². The van der Waals surface area contributed by atoms with E-state index in [1.807, 2.05) is 0 Å². The number of benzene rings is 1. The summed E-state index contributed by atoms with van der Waals surface area (Å²) in [6.07, 6.45) is -7.76. The number of hydrogen-bond acceptors (Lipinski definition) is 3. The number of nitrogens with one attached hydrogen (secondary N) is 1. The van der Waals surface area contributed by atoms with Crippen molar-refractivity contribution in [3.8, 4) is 5.75 Å². The molecule has 0 spiro atoms. The van der Waals surface area contributed by atoms with Crippen LogP contribution in [0.25, 0.3) is 0 Å². The highest BCUT2D eigenvalue weighted by Gasteiger charge is 2.37. The van der Waals surface area contributed by atoms with E-state index in [9.17, 15) is 22.0 Å². The van der Waals surface area contributed by atoms with Crippen LogP contribution in [0.1, 0.15) is 11.6 Å². The van der Waals surface area contributed by atoms with Crippen LogP contribution in [0, 0.1) is 0 Å². The lowest BCUT2D eigenvalue weighted by Crippen LogP contribution is -2.47. The lowest BCUT2D eigenvalue weighted by Gasteiger charge is -2.35. The molecule has 1 heterocycles. The molecule has 3 nitrogen and oxygen atoms in total. The van der Waals surface area contributed by atoms with Crippen LogP contribution in [0.2, 0.25) is 0 Å². The Labute approximate surface area is 156 Å². The van der Waals surface area contributed by atoms with Gasteiger partial charge in [0.05, 0.1) is 0 Å². The third-order valence-electron chi connectivity index (χ3n) is 3.30. The molecule has 24 heavy (non-hydrogen) atoms. The molecule has 1 aliphatic heterocycles. The SMILES string of the molecule is Cl.Cl.FC(F)[C@H](c1cc(Br)ccc1OC(F)(F)F)N1CCNCC1. The van der Waals surface area contributed by atoms with Crippen molar-refractivity contribution in [2.45, 2.75) is 18.8 Å². The van der Waals surface area contributed by atoms with Crippen LogP contribution in [0.5, 0.6) is 5.75 Å². The first-order chi connectivity index (χ1) is 10.3. The fourth-order valence-electron chi connectivity index (χ4n) is 2.42. The van der Waals surface area contributed by atoms with E-state index in [1.165, 1.54) is 17.0 Å². The Bertz CT molecular complexity index is 516. The first-order valence-corrected chi connectivity index (χ1v) is 7.35. The Kier molecular flexibility index (Phi) is 9.81. The second-order valence-corrected chi connectivity index (χ2v) is 5.71. The second kappa shape index (κ2) is 9.96. The van der Waals surface area contributed by atoms with Crippen molar-refractivity contribution >= 4 is 40.7 Å². The molecule has 0 aliphatic carbocycles. The first kappa shape index (κ1) is 23.6. The van der Waals surface area contributed by atoms with Gasteiger partial charge in [-0.05, 0) is 18.2 Å². The van der Waals surface area contributed by atoms with Crippen LogP contribution >= 0.6 is 40.7 Å². The molecule has 1 fully saturated rings. The summed E-state index contributed by atoms with van der Waals surface area (Å²) in [6.45, 7) is 1.67. The lowest BCUT2D eigenvalue weighted by atomic mass is 10.0. The molecule has 0 amide bonds. The number of alkyl halides is 5. The molecule has 2 rings (SSSR count). The summed E-state index contributed by atoms with van der Waals surface area (Å²) >= 11 is 3.10. The zero-order chi connectivity index (χ0) is 16.3. The number of rotatable bonds is 4. The highest BCUT2D eigenvalue weighted by atomic mass is 79.9. The molecule has 1 atom stereocenters. The van der Waals surface area contributed by atoms with Crippen molar-refractivity contribution in [2.24, 2.45) is 0 Å². The van der Waals surface area contributed by atoms with Gasteiger partial charge in [0.25, 0.3) is 6.43 Å². The summed E-state index contributed by atoms with van der Waals surface area (Å²) in [7, 11) is 0. The van der Waals surface area contributed by atoms with E-state index in [0.717, 1.165) is 6.07 Å². The minimum Gasteiger partial charge on any atom is -0.405 e. The maximum atomic E-state index is 13.5. The van der Waals surface area contributed by atoms with E-state index in [4.69, 9.17) is 0 Å². The normalized spacial score (nSPS) is 17.0. The zero-order valence-corrected chi connectivity index (χ0v) is 15.4. The number of ether oxygens (including phenoxy) is 1. The molecule has 0 bridgehead atoms. The fraction of sp³-hybridized carbons (Fsp3) is 0.538. The van der Waals surface area contributed by atoms with Crippen molar-refractivity contribution in [3.63, 3.8) is 0 Å². The molecule has 0 aromatic heterocycles. The van der Waals surface area contributed by atoms with E-state index in [0.29, 0.717) is 30.7 Å². The van der Waals surface area contributed by atoms with E-state index >= 15 is 0 Å². The van der Waals surface area contributed by atoms with Crippen molar-refractivity contribution in [3.05, 3.63) is 28.2 Å². The molecular weight excluding hydrogens is 446 g/mol. The minimum atomic E-state index is -4.93. The third-order valence-corrected chi connectivity index (χ3v) is 3.79. The maximum Gasteiger partial charge on any atom is 0.573 e. The van der Waals surface area contributed by atoms with Gasteiger partial charge in [0.15, 0.2) is 0 Å². The van der Waals surface area contributed by atoms with Crippen LogP contribution in [-0.2, 0) is 0 Å². The highest BCUT2D eigenvalue weighted by molar-refractivity contribution is 9.10. The minimum absolute atomic E-state index is 0. The Hall–Kier alpha value is -0.350. The van der Waals surface area contributed by atoms with Crippen LogP contribution in [0.4, 0.5) is 22.0 Å². The van der Waals surface area contributed by atoms with Gasteiger partial charge in [-0.15, -0.1) is 38.0 Å². The van der Waals surface area contributed by atoms with Crippen LogP contribution < -0.4 is 10.1 Å². The summed E-state index contributed by atoms with van der Waals surface area (Å²) in [5.74, 6) is -0.598. The number of halogens is 8. The van der Waals surface area contributed by atoms with Gasteiger partial charge in [0.2, 0.25) is 0 Å². The van der Waals surface area contributed by atoms with Crippen molar-refractivity contribution in [1.82, 2.24) is 10.2 Å². The van der Waals surface area contributed by atoms with Gasteiger partial charge < -0.3 is 10.1 Å². The predicted octanol–water partition coefficient (Wildman–Crippen LogP) is 4.40. The summed E-state index contributed by atoms with van der Waals surface area (Å²) in [4.78, 5) is 1.46. The summed E-state index contributed by atoms with van der Waals surface area (Å²) in [5.41, 5.74) is -0.177. The van der Waals surface area contributed by atoms with E-state index in [-0.39, 0.29) is 30.4 Å². The monoisotopic (exact) mass is 460 g/mol. The van der Waals surface area contributed by atoms with Gasteiger partial charge in [0, 0.05) is 36.2 Å². The maximum absolute atomic E-state index is 13.5. The van der Waals surface area contributed by atoms with E-state index in [1.54, 1.807) is 0 Å². The number of nitrogens with zero attached hydrogens (tertiary/aromatic N) is 1. The lowest BCUT2D eigenvalue weighted by molar-refractivity contribution is -0.275. The molecule has 11 heteroatoms. The summed E-state index contributed by atoms with van der Waals surface area (Å²) in [5, 5.41) is 3.02. The average molecular weight is 462 g/mol. The Morgan fingerprint density at radius 3 is 2.21 bits per heavy atom. The second-order valence-electron chi connectivity index (χ2n) is 4.80. The first-order valence-electron chi connectivity index (χ1n) is 6.56. The van der Waals surface area contributed by atoms with Gasteiger partial charge in [-0.1, -0.05) is 15.9 Å². The van der Waals surface area contributed by atoms with Crippen LogP contribution in [0.3, 0.4) is 0 Å². The summed E-state index contributed by atoms with van der Waals surface area (Å²) < 4.78 is 68.8. The zero-order valence-electron chi connectivity index (χ0n) is 12.2. The van der Waals surface area contributed by atoms with Gasteiger partial charge >= 0.3 is 6.36 Å². The van der Waals surface area contributed by atoms with E-state index < -0.39 is 24.6 Å². The Morgan fingerprint density at radius 1 is 1.12 bits per heavy atom. The molecule has 0 saturated carbocycles. The molecular formula is C13H16BrCl2F5N2O. The highest BCUT2D eigenvalue weighted by Crippen LogP contribution is 2.38. The fourth-order valence-corrected chi connectivity index (χ4v) is 2.80. The summed E-state index contributed by atoms with van der Waals surface area (Å²) in [6, 6.07) is 2.17. The van der Waals surface area contributed by atoms with E-state index in [2.05, 4.69) is 26.0 Å². The molecule has 0 unspecified atom stereocenters. The molecule has 0 radical (unpaired) electrons. The van der Waals surface area contributed by atoms with Crippen LogP contribution in [0.15, 0.2) is 22.7 Å². The van der Waals surface area contributed by atoms with Gasteiger partial charge in [-0.2, -0.15) is 0 Å². The van der Waals surface area contributed by atoms with Gasteiger partial charge in [-0.3, -0.25) is 4.90 Å². The van der Waals surface area contributed by atoms with Crippen LogP contribution in [-0.4, -0.2) is 43.9 Å². The standard InChI is InChI=1S/C13H14BrF5N2O.2ClH/c14-8-1-2-10(22-13(17,18)19)9(7-8)11(12(15)16)21-5-3-20-4-6-21;;/h1-2,7,11-12,20H,3-6H2;2*1H/t11-;;/m0../s1. The predicted molar refractivity (Wildman–Crippen MR) is 88.5 cm³/mol. The molecule has 1 aliphatic rings.